The number of nitrogens with two attached hydrogens (primary N) is 1. The van der Waals surface area contributed by atoms with Gasteiger partial charge < -0.3 is 15.4 Å². The molecule has 0 radical (unpaired) electrons. The predicted molar refractivity (Wildman–Crippen MR) is 144 cm³/mol. The Hall–Kier alpha value is -4.80. The number of carbonyl (C=O) groups excluding carboxylic acids is 1. The van der Waals surface area contributed by atoms with Gasteiger partial charge in [-0.2, -0.15) is 15.2 Å². The largest absolute Gasteiger partial charge is 0.460 e. The Bertz CT molecular complexity index is 1570. The van der Waals surface area contributed by atoms with Crippen LogP contribution in [-0.4, -0.2) is 54.1 Å². The van der Waals surface area contributed by atoms with Crippen molar-refractivity contribution in [3.63, 3.8) is 0 Å². The van der Waals surface area contributed by atoms with Crippen molar-refractivity contribution in [2.45, 2.75) is 33.9 Å². The van der Waals surface area contributed by atoms with E-state index in [1.165, 1.54) is 0 Å². The number of hydrogen-bond acceptors (Lipinski definition) is 9. The molecule has 5 aromatic rings. The second-order valence-electron chi connectivity index (χ2n) is 9.03. The normalized spacial score (nSPS) is 11.2. The van der Waals surface area contributed by atoms with Gasteiger partial charge in [0.05, 0.1) is 36.5 Å². The van der Waals surface area contributed by atoms with Gasteiger partial charge in [-0.3, -0.25) is 9.36 Å². The van der Waals surface area contributed by atoms with Gasteiger partial charge in [-0.05, 0) is 49.6 Å². The lowest BCUT2D eigenvalue weighted by molar-refractivity contribution is 0.0512. The summed E-state index contributed by atoms with van der Waals surface area (Å²) in [6.45, 7) is 7.04. The molecule has 0 saturated heterocycles. The van der Waals surface area contributed by atoms with E-state index in [4.69, 9.17) is 10.5 Å². The van der Waals surface area contributed by atoms with E-state index in [0.717, 1.165) is 28.1 Å². The number of nitrogens with zero attached hydrogens (tertiary/aromatic N) is 8. The van der Waals surface area contributed by atoms with Crippen molar-refractivity contribution in [3.05, 3.63) is 83.2 Å². The molecule has 11 heteroatoms. The number of carbonyl (C=O) groups is 1. The highest BCUT2D eigenvalue weighted by molar-refractivity contribution is 5.94. The Balaban J connectivity index is 1.51. The van der Waals surface area contributed by atoms with Crippen molar-refractivity contribution < 1.29 is 9.53 Å². The molecule has 0 spiro atoms. The average molecular weight is 512 g/mol. The van der Waals surface area contributed by atoms with Crippen LogP contribution < -0.4 is 10.6 Å². The number of hydrogen-bond donors (Lipinski definition) is 1. The van der Waals surface area contributed by atoms with Gasteiger partial charge in [-0.1, -0.05) is 24.3 Å². The summed E-state index contributed by atoms with van der Waals surface area (Å²) < 4.78 is 8.86. The van der Waals surface area contributed by atoms with Gasteiger partial charge in [-0.25, -0.2) is 14.8 Å². The van der Waals surface area contributed by atoms with Crippen molar-refractivity contribution in [3.8, 4) is 0 Å². The second-order valence-corrected chi connectivity index (χ2v) is 9.03. The van der Waals surface area contributed by atoms with Crippen LogP contribution in [0.1, 0.15) is 39.9 Å². The van der Waals surface area contributed by atoms with E-state index in [1.807, 2.05) is 55.0 Å². The molecule has 0 atom stereocenters. The van der Waals surface area contributed by atoms with Crippen LogP contribution in [0.3, 0.4) is 0 Å². The molecule has 4 aromatic heterocycles. The van der Waals surface area contributed by atoms with Crippen LogP contribution in [0, 0.1) is 13.8 Å². The summed E-state index contributed by atoms with van der Waals surface area (Å²) in [4.78, 5) is 27.9. The van der Waals surface area contributed by atoms with Crippen LogP contribution >= 0.6 is 0 Å². The molecule has 0 bridgehead atoms. The van der Waals surface area contributed by atoms with Gasteiger partial charge in [0, 0.05) is 25.6 Å². The summed E-state index contributed by atoms with van der Waals surface area (Å²) in [6.07, 6.45) is 5.60. The molecule has 0 aliphatic carbocycles. The number of aryl methyl sites for hydroxylation is 2. The first-order valence-electron chi connectivity index (χ1n) is 12.3. The molecular formula is C27H29N9O2. The maximum absolute atomic E-state index is 12.6. The highest BCUT2D eigenvalue weighted by Crippen LogP contribution is 2.33. The van der Waals surface area contributed by atoms with Crippen LogP contribution in [0.5, 0.6) is 0 Å². The molecular weight excluding hydrogens is 482 g/mol. The minimum atomic E-state index is -0.602. The van der Waals surface area contributed by atoms with Crippen LogP contribution in [0.25, 0.3) is 11.0 Å². The fraction of sp³-hybridized carbons (Fsp3) is 0.259. The molecule has 11 nitrogen and oxygen atoms in total. The predicted octanol–water partition coefficient (Wildman–Crippen LogP) is 3.66. The number of fused-ring (bicyclic) bond motifs is 1. The topological polar surface area (TPSA) is 130 Å². The quantitative estimate of drug-likeness (QED) is 0.310. The van der Waals surface area contributed by atoms with Gasteiger partial charge in [0.2, 0.25) is 5.82 Å². The molecule has 0 saturated carbocycles. The van der Waals surface area contributed by atoms with E-state index < -0.39 is 5.97 Å². The minimum Gasteiger partial charge on any atom is -0.460 e. The zero-order valence-electron chi connectivity index (χ0n) is 21.8. The molecule has 5 rings (SSSR count). The minimum absolute atomic E-state index is 0.0480. The van der Waals surface area contributed by atoms with E-state index in [9.17, 15) is 4.79 Å². The standard InChI is InChI=1S/C27H29N9O2/c1-5-38-27(37)25-31-24-21(26(32-25)34(4)23-17(2)13-22(28)30-18(23)3)16-36(33-24)15-20-9-7-19(8-10-20)14-35-12-6-11-29-35/h6-13,16H,5,14-15H2,1-4H3,(H2,28,30). The summed E-state index contributed by atoms with van der Waals surface area (Å²) in [5.41, 5.74) is 11.1. The number of rotatable bonds is 8. The first kappa shape index (κ1) is 24.9. The number of aromatic nitrogens is 7. The van der Waals surface area contributed by atoms with Gasteiger partial charge in [0.25, 0.3) is 0 Å². The maximum Gasteiger partial charge on any atom is 0.376 e. The highest BCUT2D eigenvalue weighted by atomic mass is 16.5. The van der Waals surface area contributed by atoms with Crippen LogP contribution in [0.15, 0.2) is 55.0 Å². The van der Waals surface area contributed by atoms with Gasteiger partial charge in [0.1, 0.15) is 11.6 Å². The molecule has 0 aliphatic rings. The third-order valence-corrected chi connectivity index (χ3v) is 6.17. The van der Waals surface area contributed by atoms with Crippen molar-refractivity contribution in [2.75, 3.05) is 24.3 Å². The lowest BCUT2D eigenvalue weighted by Crippen LogP contribution is -2.18. The first-order valence-corrected chi connectivity index (χ1v) is 12.3. The zero-order valence-corrected chi connectivity index (χ0v) is 21.8. The summed E-state index contributed by atoms with van der Waals surface area (Å²) in [6, 6.07) is 12.0. The molecule has 194 valence electrons. The van der Waals surface area contributed by atoms with Crippen molar-refractivity contribution >= 4 is 34.3 Å². The Labute approximate surface area is 219 Å². The average Bonchev–Trinajstić information content (AvgIpc) is 3.53. The van der Waals surface area contributed by atoms with Crippen LogP contribution in [0.2, 0.25) is 0 Å². The summed E-state index contributed by atoms with van der Waals surface area (Å²) in [7, 11) is 1.87. The summed E-state index contributed by atoms with van der Waals surface area (Å²) in [5, 5.41) is 9.63. The Kier molecular flexibility index (Phi) is 6.73. The Morgan fingerprint density at radius 3 is 2.39 bits per heavy atom. The van der Waals surface area contributed by atoms with Gasteiger partial charge in [-0.15, -0.1) is 0 Å². The number of ether oxygens (including phenoxy) is 1. The number of benzene rings is 1. The van der Waals surface area contributed by atoms with E-state index in [-0.39, 0.29) is 12.4 Å². The first-order chi connectivity index (χ1) is 18.3. The van der Waals surface area contributed by atoms with Crippen LogP contribution in [0.4, 0.5) is 17.3 Å². The third kappa shape index (κ3) is 5.03. The number of esters is 1. The molecule has 0 fully saturated rings. The molecule has 38 heavy (non-hydrogen) atoms. The van der Waals surface area contributed by atoms with Crippen molar-refractivity contribution in [1.29, 1.82) is 0 Å². The van der Waals surface area contributed by atoms with Crippen molar-refractivity contribution in [2.24, 2.45) is 0 Å². The van der Waals surface area contributed by atoms with Crippen LogP contribution in [-0.2, 0) is 17.8 Å². The number of pyridine rings is 1. The lowest BCUT2D eigenvalue weighted by Gasteiger charge is -2.23. The third-order valence-electron chi connectivity index (χ3n) is 6.17. The molecule has 4 heterocycles. The molecule has 0 aliphatic heterocycles. The Morgan fingerprint density at radius 2 is 1.76 bits per heavy atom. The van der Waals surface area contributed by atoms with E-state index >= 15 is 0 Å². The smallest absolute Gasteiger partial charge is 0.376 e. The Morgan fingerprint density at radius 1 is 1.05 bits per heavy atom. The molecule has 0 amide bonds. The second kappa shape index (κ2) is 10.3. The number of anilines is 3. The van der Waals surface area contributed by atoms with E-state index in [1.54, 1.807) is 17.8 Å². The summed E-state index contributed by atoms with van der Waals surface area (Å²) in [5.74, 6) is 0.320. The van der Waals surface area contributed by atoms with Crippen molar-refractivity contribution in [1.82, 2.24) is 34.5 Å². The van der Waals surface area contributed by atoms with Gasteiger partial charge in [0.15, 0.2) is 5.65 Å². The molecule has 2 N–H and O–H groups in total. The highest BCUT2D eigenvalue weighted by Gasteiger charge is 2.22. The summed E-state index contributed by atoms with van der Waals surface area (Å²) >= 11 is 0. The number of nitrogen functional groups attached to an aromatic ring is 1. The van der Waals surface area contributed by atoms with E-state index in [0.29, 0.717) is 35.8 Å². The molecule has 0 unspecified atom stereocenters. The fourth-order valence-electron chi connectivity index (χ4n) is 4.55. The zero-order chi connectivity index (χ0) is 26.8. The SMILES string of the molecule is CCOC(=O)c1nc(N(C)c2c(C)cc(N)nc2C)c2cn(Cc3ccc(Cn4cccn4)cc3)nc2n1. The maximum atomic E-state index is 12.6. The van der Waals surface area contributed by atoms with E-state index in [2.05, 4.69) is 49.4 Å². The lowest BCUT2D eigenvalue weighted by atomic mass is 10.1. The molecule has 1 aromatic carbocycles. The monoisotopic (exact) mass is 511 g/mol. The van der Waals surface area contributed by atoms with Gasteiger partial charge >= 0.3 is 5.97 Å². The fourth-order valence-corrected chi connectivity index (χ4v) is 4.55.